The van der Waals surface area contributed by atoms with Crippen LogP contribution in [0.5, 0.6) is 5.75 Å². The van der Waals surface area contributed by atoms with Crippen molar-refractivity contribution in [2.24, 2.45) is 0 Å². The van der Waals surface area contributed by atoms with E-state index in [0.29, 0.717) is 21.8 Å². The van der Waals surface area contributed by atoms with Gasteiger partial charge in [-0.3, -0.25) is 9.69 Å². The summed E-state index contributed by atoms with van der Waals surface area (Å²) >= 11 is 0. The maximum Gasteiger partial charge on any atom is 0.471 e. The molecule has 0 N–H and O–H groups in total. The number of amides is 1. The van der Waals surface area contributed by atoms with Crippen LogP contribution in [-0.2, 0) is 22.7 Å². The molecule has 0 saturated heterocycles. The zero-order valence-corrected chi connectivity index (χ0v) is 13.8. The molecule has 0 saturated carbocycles. The fourth-order valence-electron chi connectivity index (χ4n) is 2.38. The van der Waals surface area contributed by atoms with Gasteiger partial charge in [0.15, 0.2) is 0 Å². The van der Waals surface area contributed by atoms with Crippen molar-refractivity contribution in [2.75, 3.05) is 19.1 Å². The minimum atomic E-state index is -5.00. The van der Waals surface area contributed by atoms with Crippen LogP contribution in [0.1, 0.15) is 11.1 Å². The summed E-state index contributed by atoms with van der Waals surface area (Å²) < 4.78 is 49.5. The average molecular weight is 353 g/mol. The first-order valence-corrected chi connectivity index (χ1v) is 7.45. The van der Waals surface area contributed by atoms with Gasteiger partial charge in [-0.1, -0.05) is 36.4 Å². The summed E-state index contributed by atoms with van der Waals surface area (Å²) in [7, 11) is 2.84. The standard InChI is InChI=1S/C18H18F3NO3/c1-24-12-14-8-9-15(25-2)10-16(14)22(17(23)18(19,20)21)11-13-6-4-3-5-7-13/h3-10H,11-12H2,1-2H3. The van der Waals surface area contributed by atoms with E-state index in [2.05, 4.69) is 0 Å². The number of halogens is 3. The van der Waals surface area contributed by atoms with Crippen molar-refractivity contribution >= 4 is 11.6 Å². The van der Waals surface area contributed by atoms with E-state index in [-0.39, 0.29) is 18.8 Å². The van der Waals surface area contributed by atoms with Crippen molar-refractivity contribution < 1.29 is 27.4 Å². The Hall–Kier alpha value is -2.54. The number of benzene rings is 2. The summed E-state index contributed by atoms with van der Waals surface area (Å²) in [6.07, 6.45) is -5.00. The third-order valence-electron chi connectivity index (χ3n) is 3.55. The molecule has 0 radical (unpaired) electrons. The lowest BCUT2D eigenvalue weighted by Crippen LogP contribution is -2.41. The second-order valence-electron chi connectivity index (χ2n) is 5.30. The molecule has 2 aromatic rings. The lowest BCUT2D eigenvalue weighted by atomic mass is 10.1. The first-order valence-electron chi connectivity index (χ1n) is 7.45. The summed E-state index contributed by atoms with van der Waals surface area (Å²) in [6.45, 7) is -0.154. The molecule has 2 aromatic carbocycles. The Balaban J connectivity index is 2.52. The van der Waals surface area contributed by atoms with Gasteiger partial charge in [-0.05, 0) is 11.6 Å². The molecule has 0 aliphatic heterocycles. The summed E-state index contributed by atoms with van der Waals surface area (Å²) in [5.41, 5.74) is 1.13. The van der Waals surface area contributed by atoms with Crippen LogP contribution < -0.4 is 9.64 Å². The van der Waals surface area contributed by atoms with E-state index in [1.807, 2.05) is 0 Å². The average Bonchev–Trinajstić information content (AvgIpc) is 2.60. The highest BCUT2D eigenvalue weighted by molar-refractivity contribution is 5.98. The number of hydrogen-bond donors (Lipinski definition) is 0. The molecular weight excluding hydrogens is 335 g/mol. The van der Waals surface area contributed by atoms with E-state index < -0.39 is 12.1 Å². The van der Waals surface area contributed by atoms with Gasteiger partial charge in [-0.15, -0.1) is 0 Å². The Labute approximate surface area is 143 Å². The van der Waals surface area contributed by atoms with Crippen molar-refractivity contribution in [3.8, 4) is 5.75 Å². The number of methoxy groups -OCH3 is 2. The van der Waals surface area contributed by atoms with Crippen LogP contribution in [0.2, 0.25) is 0 Å². The number of carbonyl (C=O) groups is 1. The Kier molecular flexibility index (Phi) is 6.03. The van der Waals surface area contributed by atoms with Crippen LogP contribution in [0.15, 0.2) is 48.5 Å². The Morgan fingerprint density at radius 2 is 1.76 bits per heavy atom. The highest BCUT2D eigenvalue weighted by Gasteiger charge is 2.43. The van der Waals surface area contributed by atoms with Crippen LogP contribution in [0.4, 0.5) is 18.9 Å². The molecule has 2 rings (SSSR count). The fraction of sp³-hybridized carbons (Fsp3) is 0.278. The minimum absolute atomic E-state index is 0.0652. The lowest BCUT2D eigenvalue weighted by Gasteiger charge is -2.26. The number of hydrogen-bond acceptors (Lipinski definition) is 3. The van der Waals surface area contributed by atoms with Crippen molar-refractivity contribution in [3.63, 3.8) is 0 Å². The molecule has 134 valence electrons. The third-order valence-corrected chi connectivity index (χ3v) is 3.55. The topological polar surface area (TPSA) is 38.8 Å². The Bertz CT molecular complexity index is 717. The van der Waals surface area contributed by atoms with Gasteiger partial charge in [0, 0.05) is 18.7 Å². The van der Waals surface area contributed by atoms with Gasteiger partial charge in [0.25, 0.3) is 0 Å². The van der Waals surface area contributed by atoms with Gasteiger partial charge in [0.2, 0.25) is 0 Å². The number of carbonyl (C=O) groups excluding carboxylic acids is 1. The first-order chi connectivity index (χ1) is 11.9. The molecular formula is C18H18F3NO3. The fourth-order valence-corrected chi connectivity index (χ4v) is 2.38. The van der Waals surface area contributed by atoms with E-state index >= 15 is 0 Å². The predicted octanol–water partition coefficient (Wildman–Crippen LogP) is 3.94. The van der Waals surface area contributed by atoms with Crippen molar-refractivity contribution in [1.82, 2.24) is 0 Å². The number of anilines is 1. The normalized spacial score (nSPS) is 11.2. The maximum atomic E-state index is 13.1. The van der Waals surface area contributed by atoms with E-state index in [1.165, 1.54) is 20.3 Å². The largest absolute Gasteiger partial charge is 0.497 e. The number of alkyl halides is 3. The Morgan fingerprint density at radius 1 is 1.08 bits per heavy atom. The zero-order chi connectivity index (χ0) is 18.4. The molecule has 0 fully saturated rings. The maximum absolute atomic E-state index is 13.1. The highest BCUT2D eigenvalue weighted by Crippen LogP contribution is 2.31. The SMILES string of the molecule is COCc1ccc(OC)cc1N(Cc1ccccc1)C(=O)C(F)(F)F. The quantitative estimate of drug-likeness (QED) is 0.790. The second-order valence-corrected chi connectivity index (χ2v) is 5.30. The van der Waals surface area contributed by atoms with E-state index in [9.17, 15) is 18.0 Å². The van der Waals surface area contributed by atoms with E-state index in [1.54, 1.807) is 42.5 Å². The number of ether oxygens (including phenoxy) is 2. The van der Waals surface area contributed by atoms with Gasteiger partial charge in [-0.25, -0.2) is 0 Å². The smallest absolute Gasteiger partial charge is 0.471 e. The molecule has 25 heavy (non-hydrogen) atoms. The molecule has 0 aromatic heterocycles. The van der Waals surface area contributed by atoms with Gasteiger partial charge in [-0.2, -0.15) is 13.2 Å². The number of nitrogens with zero attached hydrogens (tertiary/aromatic N) is 1. The van der Waals surface area contributed by atoms with Crippen molar-refractivity contribution in [2.45, 2.75) is 19.3 Å². The van der Waals surface area contributed by atoms with Crippen LogP contribution in [0, 0.1) is 0 Å². The Morgan fingerprint density at radius 3 is 2.32 bits per heavy atom. The summed E-state index contributed by atoms with van der Waals surface area (Å²) in [4.78, 5) is 12.7. The third kappa shape index (κ3) is 4.73. The predicted molar refractivity (Wildman–Crippen MR) is 87.4 cm³/mol. The van der Waals surface area contributed by atoms with E-state index in [0.717, 1.165) is 0 Å². The molecule has 7 heteroatoms. The molecule has 0 atom stereocenters. The van der Waals surface area contributed by atoms with Gasteiger partial charge < -0.3 is 9.47 Å². The lowest BCUT2D eigenvalue weighted by molar-refractivity contribution is -0.170. The van der Waals surface area contributed by atoms with Crippen molar-refractivity contribution in [1.29, 1.82) is 0 Å². The summed E-state index contributed by atoms with van der Waals surface area (Å²) in [5, 5.41) is 0. The molecule has 4 nitrogen and oxygen atoms in total. The minimum Gasteiger partial charge on any atom is -0.497 e. The van der Waals surface area contributed by atoms with Gasteiger partial charge in [0.1, 0.15) is 5.75 Å². The molecule has 0 aliphatic rings. The van der Waals surface area contributed by atoms with Crippen molar-refractivity contribution in [3.05, 3.63) is 59.7 Å². The molecule has 0 bridgehead atoms. The molecule has 0 spiro atoms. The van der Waals surface area contributed by atoms with Crippen LogP contribution >= 0.6 is 0 Å². The molecule has 1 amide bonds. The highest BCUT2D eigenvalue weighted by atomic mass is 19.4. The van der Waals surface area contributed by atoms with Crippen LogP contribution in [0.3, 0.4) is 0 Å². The first kappa shape index (κ1) is 18.8. The monoisotopic (exact) mass is 353 g/mol. The molecule has 0 unspecified atom stereocenters. The second kappa shape index (κ2) is 8.02. The summed E-state index contributed by atoms with van der Waals surface area (Å²) in [5.74, 6) is -1.59. The zero-order valence-electron chi connectivity index (χ0n) is 13.8. The number of rotatable bonds is 6. The van der Waals surface area contributed by atoms with Gasteiger partial charge in [0.05, 0.1) is 25.9 Å². The van der Waals surface area contributed by atoms with Crippen LogP contribution in [0.25, 0.3) is 0 Å². The van der Waals surface area contributed by atoms with Crippen LogP contribution in [-0.4, -0.2) is 26.3 Å². The summed E-state index contributed by atoms with van der Waals surface area (Å²) in [6, 6.07) is 13.1. The van der Waals surface area contributed by atoms with E-state index in [4.69, 9.17) is 9.47 Å². The molecule has 0 heterocycles. The van der Waals surface area contributed by atoms with Gasteiger partial charge >= 0.3 is 12.1 Å². The molecule has 0 aliphatic carbocycles.